The minimum absolute atomic E-state index is 0.110. The summed E-state index contributed by atoms with van der Waals surface area (Å²) in [6, 6.07) is 14.3. The smallest absolute Gasteiger partial charge is 0.238 e. The van der Waals surface area contributed by atoms with Gasteiger partial charge in [-0.25, -0.2) is 13.6 Å². The molecule has 0 saturated heterocycles. The number of nitrogens with zero attached hydrogens (tertiary/aromatic N) is 1. The SMILES string of the molecule is C=CCOc1ccccc1CNC(=NC)NCCc1ccc(S(N)(=O)=O)cc1. The Labute approximate surface area is 166 Å². The molecule has 0 fully saturated rings. The second-order valence-corrected chi connectivity index (χ2v) is 7.56. The van der Waals surface area contributed by atoms with E-state index in [1.807, 2.05) is 24.3 Å². The fourth-order valence-electron chi connectivity index (χ4n) is 2.51. The second kappa shape index (κ2) is 10.5. The minimum Gasteiger partial charge on any atom is -0.489 e. The highest BCUT2D eigenvalue weighted by atomic mass is 32.2. The Morgan fingerprint density at radius 1 is 1.18 bits per heavy atom. The zero-order valence-electron chi connectivity index (χ0n) is 15.9. The van der Waals surface area contributed by atoms with Crippen molar-refractivity contribution >= 4 is 16.0 Å². The van der Waals surface area contributed by atoms with Gasteiger partial charge in [-0.15, -0.1) is 0 Å². The summed E-state index contributed by atoms with van der Waals surface area (Å²) in [5, 5.41) is 11.6. The normalized spacial score (nSPS) is 11.7. The lowest BCUT2D eigenvalue weighted by Crippen LogP contribution is -2.37. The van der Waals surface area contributed by atoms with Crippen LogP contribution in [0, 0.1) is 0 Å². The molecule has 8 heteroatoms. The number of ether oxygens (including phenoxy) is 1. The van der Waals surface area contributed by atoms with Gasteiger partial charge in [0, 0.05) is 25.7 Å². The average Bonchev–Trinajstić information content (AvgIpc) is 2.69. The first-order chi connectivity index (χ1) is 13.4. The maximum absolute atomic E-state index is 11.3. The standard InChI is InChI=1S/C20H26N4O3S/c1-3-14-27-19-7-5-4-6-17(19)15-24-20(22-2)23-13-12-16-8-10-18(11-9-16)28(21,25)26/h3-11H,1,12-15H2,2H3,(H2,21,25,26)(H2,22,23,24). The topological polar surface area (TPSA) is 106 Å². The largest absolute Gasteiger partial charge is 0.489 e. The van der Waals surface area contributed by atoms with Crippen LogP contribution in [-0.2, 0) is 23.0 Å². The molecule has 0 bridgehead atoms. The molecule has 0 heterocycles. The highest BCUT2D eigenvalue weighted by molar-refractivity contribution is 7.89. The monoisotopic (exact) mass is 402 g/mol. The summed E-state index contributed by atoms with van der Waals surface area (Å²) in [5.41, 5.74) is 2.02. The van der Waals surface area contributed by atoms with Crippen molar-refractivity contribution in [3.05, 3.63) is 72.3 Å². The lowest BCUT2D eigenvalue weighted by atomic mass is 10.1. The summed E-state index contributed by atoms with van der Waals surface area (Å²) >= 11 is 0. The molecule has 0 aliphatic rings. The minimum atomic E-state index is -3.66. The third kappa shape index (κ3) is 6.71. The van der Waals surface area contributed by atoms with Gasteiger partial charge in [-0.2, -0.15) is 0 Å². The second-order valence-electron chi connectivity index (χ2n) is 6.00. The molecule has 0 radical (unpaired) electrons. The molecule has 2 rings (SSSR count). The summed E-state index contributed by atoms with van der Waals surface area (Å²) in [6.45, 7) is 5.32. The number of para-hydroxylation sites is 1. The summed E-state index contributed by atoms with van der Waals surface area (Å²) in [7, 11) is -1.96. The van der Waals surface area contributed by atoms with Gasteiger partial charge in [-0.05, 0) is 30.2 Å². The summed E-state index contributed by atoms with van der Waals surface area (Å²) < 4.78 is 28.2. The average molecular weight is 403 g/mol. The predicted molar refractivity (Wildman–Crippen MR) is 112 cm³/mol. The number of hydrogen-bond acceptors (Lipinski definition) is 4. The van der Waals surface area contributed by atoms with E-state index in [0.717, 1.165) is 16.9 Å². The van der Waals surface area contributed by atoms with Crippen molar-refractivity contribution in [2.75, 3.05) is 20.2 Å². The van der Waals surface area contributed by atoms with Gasteiger partial charge in [0.15, 0.2) is 5.96 Å². The van der Waals surface area contributed by atoms with Crippen molar-refractivity contribution in [3.8, 4) is 5.75 Å². The van der Waals surface area contributed by atoms with E-state index in [2.05, 4.69) is 22.2 Å². The fourth-order valence-corrected chi connectivity index (χ4v) is 3.03. The molecule has 0 saturated carbocycles. The third-order valence-electron chi connectivity index (χ3n) is 3.96. The Hall–Kier alpha value is -2.84. The van der Waals surface area contributed by atoms with Crippen molar-refractivity contribution in [2.45, 2.75) is 17.9 Å². The molecule has 2 aromatic rings. The first kappa shape index (κ1) is 21.5. The van der Waals surface area contributed by atoms with Crippen LogP contribution in [0.15, 0.2) is 71.1 Å². The molecule has 0 atom stereocenters. The molecule has 0 amide bonds. The molecule has 0 aliphatic heterocycles. The maximum atomic E-state index is 11.3. The maximum Gasteiger partial charge on any atom is 0.238 e. The van der Waals surface area contributed by atoms with Crippen molar-refractivity contribution in [2.24, 2.45) is 10.1 Å². The van der Waals surface area contributed by atoms with E-state index in [9.17, 15) is 8.42 Å². The molecule has 0 spiro atoms. The number of hydrogen-bond donors (Lipinski definition) is 3. The van der Waals surface area contributed by atoms with E-state index in [4.69, 9.17) is 9.88 Å². The number of guanidine groups is 1. The van der Waals surface area contributed by atoms with Crippen LogP contribution < -0.4 is 20.5 Å². The van der Waals surface area contributed by atoms with Crippen molar-refractivity contribution in [1.29, 1.82) is 0 Å². The number of rotatable bonds is 9. The van der Waals surface area contributed by atoms with E-state index in [1.54, 1.807) is 25.3 Å². The molecule has 4 N–H and O–H groups in total. The lowest BCUT2D eigenvalue weighted by molar-refractivity contribution is 0.358. The van der Waals surface area contributed by atoms with Crippen LogP contribution in [0.2, 0.25) is 0 Å². The van der Waals surface area contributed by atoms with Crippen LogP contribution in [0.3, 0.4) is 0 Å². The quantitative estimate of drug-likeness (QED) is 0.337. The van der Waals surface area contributed by atoms with Gasteiger partial charge in [-0.1, -0.05) is 43.0 Å². The predicted octanol–water partition coefficient (Wildman–Crippen LogP) is 1.81. The van der Waals surface area contributed by atoms with Crippen LogP contribution in [0.5, 0.6) is 5.75 Å². The summed E-state index contributed by atoms with van der Waals surface area (Å²) in [4.78, 5) is 4.32. The van der Waals surface area contributed by atoms with E-state index in [-0.39, 0.29) is 4.90 Å². The molecule has 150 valence electrons. The Kier molecular flexibility index (Phi) is 8.03. The molecular formula is C20H26N4O3S. The molecule has 28 heavy (non-hydrogen) atoms. The van der Waals surface area contributed by atoms with E-state index >= 15 is 0 Å². The zero-order valence-corrected chi connectivity index (χ0v) is 16.7. The Morgan fingerprint density at radius 2 is 1.89 bits per heavy atom. The zero-order chi connectivity index (χ0) is 20.4. The van der Waals surface area contributed by atoms with Gasteiger partial charge in [0.25, 0.3) is 0 Å². The first-order valence-corrected chi connectivity index (χ1v) is 10.4. The van der Waals surface area contributed by atoms with Crippen molar-refractivity contribution in [1.82, 2.24) is 10.6 Å². The van der Waals surface area contributed by atoms with Crippen molar-refractivity contribution in [3.63, 3.8) is 0 Å². The van der Waals surface area contributed by atoms with E-state index in [0.29, 0.717) is 32.1 Å². The fraction of sp³-hybridized carbons (Fsp3) is 0.250. The number of aliphatic imine (C=N–C) groups is 1. The van der Waals surface area contributed by atoms with Gasteiger partial charge in [-0.3, -0.25) is 4.99 Å². The molecule has 2 aromatic carbocycles. The molecule has 7 nitrogen and oxygen atoms in total. The first-order valence-electron chi connectivity index (χ1n) is 8.82. The Balaban J connectivity index is 1.84. The highest BCUT2D eigenvalue weighted by Crippen LogP contribution is 2.17. The van der Waals surface area contributed by atoms with Crippen LogP contribution in [0.4, 0.5) is 0 Å². The lowest BCUT2D eigenvalue weighted by Gasteiger charge is -2.14. The van der Waals surface area contributed by atoms with Gasteiger partial charge >= 0.3 is 0 Å². The van der Waals surface area contributed by atoms with Gasteiger partial charge in [0.1, 0.15) is 12.4 Å². The van der Waals surface area contributed by atoms with Crippen LogP contribution in [-0.4, -0.2) is 34.6 Å². The van der Waals surface area contributed by atoms with Crippen LogP contribution >= 0.6 is 0 Å². The Bertz CT molecular complexity index is 909. The number of nitrogens with two attached hydrogens (primary N) is 1. The molecule has 0 unspecified atom stereocenters. The third-order valence-corrected chi connectivity index (χ3v) is 4.89. The van der Waals surface area contributed by atoms with Crippen LogP contribution in [0.25, 0.3) is 0 Å². The van der Waals surface area contributed by atoms with E-state index < -0.39 is 10.0 Å². The number of primary sulfonamides is 1. The molecular weight excluding hydrogens is 376 g/mol. The molecule has 0 aliphatic carbocycles. The van der Waals surface area contributed by atoms with E-state index in [1.165, 1.54) is 12.1 Å². The summed E-state index contributed by atoms with van der Waals surface area (Å²) in [5.74, 6) is 1.47. The Morgan fingerprint density at radius 3 is 2.54 bits per heavy atom. The van der Waals surface area contributed by atoms with Crippen LogP contribution in [0.1, 0.15) is 11.1 Å². The number of nitrogens with one attached hydrogen (secondary N) is 2. The van der Waals surface area contributed by atoms with Gasteiger partial charge in [0.05, 0.1) is 4.90 Å². The number of sulfonamides is 1. The summed E-state index contributed by atoms with van der Waals surface area (Å²) in [6.07, 6.45) is 2.42. The molecule has 0 aromatic heterocycles. The van der Waals surface area contributed by atoms with Crippen molar-refractivity contribution < 1.29 is 13.2 Å². The number of benzene rings is 2. The van der Waals surface area contributed by atoms with Gasteiger partial charge < -0.3 is 15.4 Å². The van der Waals surface area contributed by atoms with Gasteiger partial charge in [0.2, 0.25) is 10.0 Å². The highest BCUT2D eigenvalue weighted by Gasteiger charge is 2.07.